The van der Waals surface area contributed by atoms with Crippen molar-refractivity contribution in [2.75, 3.05) is 12.5 Å². The number of ether oxygens (including phenoxy) is 2. The lowest BCUT2D eigenvalue weighted by atomic mass is 10.2. The maximum absolute atomic E-state index is 11.7. The van der Waals surface area contributed by atoms with Crippen LogP contribution in [0.4, 0.5) is 5.95 Å². The molecule has 98 valence electrons. The summed E-state index contributed by atoms with van der Waals surface area (Å²) in [5.74, 6) is 1.13. The van der Waals surface area contributed by atoms with E-state index < -0.39 is 0 Å². The molecule has 2 aromatic rings. The fourth-order valence-corrected chi connectivity index (χ4v) is 1.69. The number of hydrogen-bond donors (Lipinski definition) is 3. The number of H-pyrrole nitrogens is 1. The molecule has 0 radical (unpaired) electrons. The molecule has 0 unspecified atom stereocenters. The standard InChI is InChI=1S/C11H11N5O3/c12-11-14-9(15-16-11)10(17)13-4-6-1-2-7-8(3-6)19-5-18-7/h1-3H,4-5H2,(H,13,17)(H3,12,14,15,16). The minimum Gasteiger partial charge on any atom is -0.454 e. The molecular weight excluding hydrogens is 250 g/mol. The van der Waals surface area contributed by atoms with Gasteiger partial charge in [0, 0.05) is 6.54 Å². The number of carbonyl (C=O) groups is 1. The normalized spacial score (nSPS) is 12.4. The summed E-state index contributed by atoms with van der Waals surface area (Å²) in [5.41, 5.74) is 6.21. The number of anilines is 1. The molecule has 0 saturated heterocycles. The van der Waals surface area contributed by atoms with Gasteiger partial charge >= 0.3 is 0 Å². The monoisotopic (exact) mass is 261 g/mol. The molecule has 8 heteroatoms. The fraction of sp³-hybridized carbons (Fsp3) is 0.182. The van der Waals surface area contributed by atoms with Gasteiger partial charge in [0.1, 0.15) is 0 Å². The van der Waals surface area contributed by atoms with Gasteiger partial charge in [0.15, 0.2) is 11.5 Å². The quantitative estimate of drug-likeness (QED) is 0.718. The first-order valence-electron chi connectivity index (χ1n) is 5.57. The summed E-state index contributed by atoms with van der Waals surface area (Å²) in [4.78, 5) is 15.4. The highest BCUT2D eigenvalue weighted by Gasteiger charge is 2.14. The Balaban J connectivity index is 1.64. The van der Waals surface area contributed by atoms with E-state index in [0.717, 1.165) is 5.56 Å². The van der Waals surface area contributed by atoms with Crippen LogP contribution < -0.4 is 20.5 Å². The zero-order valence-electron chi connectivity index (χ0n) is 9.84. The summed E-state index contributed by atoms with van der Waals surface area (Å²) in [6.45, 7) is 0.568. The van der Waals surface area contributed by atoms with Crippen LogP contribution in [0.1, 0.15) is 16.2 Å². The van der Waals surface area contributed by atoms with Crippen LogP contribution in [0, 0.1) is 0 Å². The number of nitrogens with one attached hydrogen (secondary N) is 2. The molecule has 0 spiro atoms. The van der Waals surface area contributed by atoms with Gasteiger partial charge in [-0.2, -0.15) is 4.98 Å². The molecule has 1 aromatic heterocycles. The van der Waals surface area contributed by atoms with E-state index in [-0.39, 0.29) is 24.5 Å². The third-order valence-electron chi connectivity index (χ3n) is 2.61. The van der Waals surface area contributed by atoms with E-state index in [0.29, 0.717) is 18.0 Å². The summed E-state index contributed by atoms with van der Waals surface area (Å²) in [6, 6.07) is 5.47. The number of fused-ring (bicyclic) bond motifs is 1. The van der Waals surface area contributed by atoms with Crippen molar-refractivity contribution < 1.29 is 14.3 Å². The Morgan fingerprint density at radius 2 is 2.26 bits per heavy atom. The highest BCUT2D eigenvalue weighted by atomic mass is 16.7. The number of aromatic nitrogens is 3. The summed E-state index contributed by atoms with van der Waals surface area (Å²) >= 11 is 0. The van der Waals surface area contributed by atoms with Crippen LogP contribution in [0.2, 0.25) is 0 Å². The van der Waals surface area contributed by atoms with Crippen molar-refractivity contribution in [1.29, 1.82) is 0 Å². The van der Waals surface area contributed by atoms with Crippen LogP contribution in [0.5, 0.6) is 11.5 Å². The number of nitrogens with zero attached hydrogens (tertiary/aromatic N) is 2. The molecule has 1 aliphatic rings. The van der Waals surface area contributed by atoms with Crippen molar-refractivity contribution in [2.24, 2.45) is 0 Å². The Kier molecular flexibility index (Phi) is 2.67. The molecule has 0 bridgehead atoms. The first kappa shape index (κ1) is 11.3. The minimum atomic E-state index is -0.373. The molecular formula is C11H11N5O3. The van der Waals surface area contributed by atoms with Gasteiger partial charge in [-0.1, -0.05) is 6.07 Å². The molecule has 8 nitrogen and oxygen atoms in total. The van der Waals surface area contributed by atoms with Gasteiger partial charge < -0.3 is 20.5 Å². The van der Waals surface area contributed by atoms with E-state index in [1.165, 1.54) is 0 Å². The third kappa shape index (κ3) is 2.28. The molecule has 2 heterocycles. The number of amides is 1. The van der Waals surface area contributed by atoms with E-state index >= 15 is 0 Å². The molecule has 3 rings (SSSR count). The van der Waals surface area contributed by atoms with Gasteiger partial charge in [-0.15, -0.1) is 5.10 Å². The topological polar surface area (TPSA) is 115 Å². The molecule has 19 heavy (non-hydrogen) atoms. The average Bonchev–Trinajstić information content (AvgIpc) is 3.03. The zero-order valence-corrected chi connectivity index (χ0v) is 9.84. The Bertz CT molecular complexity index is 625. The Morgan fingerprint density at radius 1 is 1.42 bits per heavy atom. The van der Waals surface area contributed by atoms with Gasteiger partial charge in [-0.05, 0) is 17.7 Å². The Labute approximate surface area is 107 Å². The summed E-state index contributed by atoms with van der Waals surface area (Å²) in [7, 11) is 0. The second-order valence-corrected chi connectivity index (χ2v) is 3.91. The lowest BCUT2D eigenvalue weighted by Gasteiger charge is -2.04. The summed E-state index contributed by atoms with van der Waals surface area (Å²) < 4.78 is 10.5. The van der Waals surface area contributed by atoms with Crippen LogP contribution in [0.25, 0.3) is 0 Å². The van der Waals surface area contributed by atoms with Crippen molar-refractivity contribution in [3.63, 3.8) is 0 Å². The predicted octanol–water partition coefficient (Wildman–Crippen LogP) is 0.0456. The van der Waals surface area contributed by atoms with Crippen LogP contribution in [0.15, 0.2) is 18.2 Å². The Hall–Kier alpha value is -2.77. The average molecular weight is 261 g/mol. The summed E-state index contributed by atoms with van der Waals surface area (Å²) in [5, 5.41) is 8.72. The molecule has 1 aromatic carbocycles. The molecule has 1 aliphatic heterocycles. The number of nitrogen functional groups attached to an aromatic ring is 1. The van der Waals surface area contributed by atoms with E-state index in [1.807, 2.05) is 12.1 Å². The van der Waals surface area contributed by atoms with E-state index in [9.17, 15) is 4.79 Å². The first-order valence-corrected chi connectivity index (χ1v) is 5.57. The molecule has 1 amide bonds. The lowest BCUT2D eigenvalue weighted by molar-refractivity contribution is 0.0941. The second-order valence-electron chi connectivity index (χ2n) is 3.91. The maximum Gasteiger partial charge on any atom is 0.288 e. The van der Waals surface area contributed by atoms with Crippen LogP contribution in [-0.2, 0) is 6.54 Å². The number of rotatable bonds is 3. The van der Waals surface area contributed by atoms with Gasteiger partial charge in [0.25, 0.3) is 5.91 Å². The predicted molar refractivity (Wildman–Crippen MR) is 64.5 cm³/mol. The van der Waals surface area contributed by atoms with Gasteiger partial charge in [0.2, 0.25) is 18.6 Å². The van der Waals surface area contributed by atoms with E-state index in [4.69, 9.17) is 15.2 Å². The van der Waals surface area contributed by atoms with Crippen LogP contribution >= 0.6 is 0 Å². The van der Waals surface area contributed by atoms with Crippen molar-refractivity contribution in [2.45, 2.75) is 6.54 Å². The van der Waals surface area contributed by atoms with Crippen molar-refractivity contribution >= 4 is 11.9 Å². The molecule has 4 N–H and O–H groups in total. The van der Waals surface area contributed by atoms with Crippen LogP contribution in [0.3, 0.4) is 0 Å². The number of hydrogen-bond acceptors (Lipinski definition) is 6. The lowest BCUT2D eigenvalue weighted by Crippen LogP contribution is -2.24. The minimum absolute atomic E-state index is 0.0354. The highest BCUT2D eigenvalue weighted by Crippen LogP contribution is 2.32. The van der Waals surface area contributed by atoms with Gasteiger partial charge in [-0.25, -0.2) is 0 Å². The second kappa shape index (κ2) is 4.48. The number of nitrogens with two attached hydrogens (primary N) is 1. The largest absolute Gasteiger partial charge is 0.454 e. The zero-order chi connectivity index (χ0) is 13.2. The highest BCUT2D eigenvalue weighted by molar-refractivity contribution is 5.90. The Morgan fingerprint density at radius 3 is 3.05 bits per heavy atom. The summed E-state index contributed by atoms with van der Waals surface area (Å²) in [6.07, 6.45) is 0. The molecule has 0 atom stereocenters. The first-order chi connectivity index (χ1) is 9.22. The van der Waals surface area contributed by atoms with Crippen LogP contribution in [-0.4, -0.2) is 27.9 Å². The number of carbonyl (C=O) groups excluding carboxylic acids is 1. The SMILES string of the molecule is Nc1n[nH]c(C(=O)NCc2ccc3c(c2)OCO3)n1. The number of benzene rings is 1. The molecule has 0 aliphatic carbocycles. The van der Waals surface area contributed by atoms with Crippen molar-refractivity contribution in [3.8, 4) is 11.5 Å². The maximum atomic E-state index is 11.7. The van der Waals surface area contributed by atoms with E-state index in [1.54, 1.807) is 6.07 Å². The van der Waals surface area contributed by atoms with Crippen molar-refractivity contribution in [3.05, 3.63) is 29.6 Å². The third-order valence-corrected chi connectivity index (χ3v) is 2.61. The smallest absolute Gasteiger partial charge is 0.288 e. The van der Waals surface area contributed by atoms with E-state index in [2.05, 4.69) is 20.5 Å². The molecule has 0 fully saturated rings. The van der Waals surface area contributed by atoms with Gasteiger partial charge in [0.05, 0.1) is 0 Å². The number of aromatic amines is 1. The van der Waals surface area contributed by atoms with Crippen molar-refractivity contribution in [1.82, 2.24) is 20.5 Å². The fourth-order valence-electron chi connectivity index (χ4n) is 1.69. The van der Waals surface area contributed by atoms with Gasteiger partial charge in [-0.3, -0.25) is 9.89 Å². The molecule has 0 saturated carbocycles.